The quantitative estimate of drug-likeness (QED) is 0.211. The molecule has 0 atom stereocenters. The third-order valence-electron chi connectivity index (χ3n) is 6.22. The lowest BCUT2D eigenvalue weighted by atomic mass is 10.0. The molecule has 1 amide bonds. The third-order valence-corrected chi connectivity index (χ3v) is 6.22. The lowest BCUT2D eigenvalue weighted by Gasteiger charge is -2.16. The van der Waals surface area contributed by atoms with Crippen molar-refractivity contribution >= 4 is 28.1 Å². The van der Waals surface area contributed by atoms with Crippen LogP contribution in [0.25, 0.3) is 10.8 Å². The van der Waals surface area contributed by atoms with Crippen molar-refractivity contribution < 1.29 is 23.7 Å². The predicted octanol–water partition coefficient (Wildman–Crippen LogP) is 4.47. The van der Waals surface area contributed by atoms with Gasteiger partial charge >= 0.3 is 0 Å². The molecule has 0 bridgehead atoms. The molecule has 10 heteroatoms. The second-order valence-corrected chi connectivity index (χ2v) is 8.58. The first-order valence-electron chi connectivity index (χ1n) is 12.3. The molecule has 0 aliphatic carbocycles. The summed E-state index contributed by atoms with van der Waals surface area (Å²) in [6, 6.07) is 20.4. The van der Waals surface area contributed by atoms with Crippen molar-refractivity contribution in [3.63, 3.8) is 0 Å². The molecule has 0 aliphatic rings. The predicted molar refractivity (Wildman–Crippen MR) is 152 cm³/mol. The minimum absolute atomic E-state index is 0.267. The van der Waals surface area contributed by atoms with Gasteiger partial charge in [0.25, 0.3) is 5.91 Å². The molecule has 1 aromatic heterocycles. The number of fused-ring (bicyclic) bond motifs is 1. The van der Waals surface area contributed by atoms with Crippen LogP contribution in [0.5, 0.6) is 23.0 Å². The molecule has 2 N–H and O–H groups in total. The summed E-state index contributed by atoms with van der Waals surface area (Å²) >= 11 is 0. The molecule has 0 saturated carbocycles. The van der Waals surface area contributed by atoms with Crippen LogP contribution >= 0.6 is 0 Å². The number of carbonyl (C=O) groups excluding carboxylic acids is 1. The van der Waals surface area contributed by atoms with Crippen molar-refractivity contribution in [3.8, 4) is 29.1 Å². The SMILES string of the molecule is COc1cc(Cc2nccc3cc(OC)c(OC)cc23)c(N/N=C(\C#N)C(=O)NCc2ccccc2)cc1OC. The number of anilines is 1. The van der Waals surface area contributed by atoms with Gasteiger partial charge < -0.3 is 24.3 Å². The molecular formula is C30H29N5O5. The number of nitrogens with zero attached hydrogens (tertiary/aromatic N) is 3. The zero-order valence-corrected chi connectivity index (χ0v) is 22.6. The van der Waals surface area contributed by atoms with Crippen molar-refractivity contribution in [2.75, 3.05) is 33.9 Å². The number of amides is 1. The smallest absolute Gasteiger partial charge is 0.282 e. The molecular weight excluding hydrogens is 510 g/mol. The Balaban J connectivity index is 1.67. The molecule has 0 unspecified atom stereocenters. The highest BCUT2D eigenvalue weighted by atomic mass is 16.5. The summed E-state index contributed by atoms with van der Waals surface area (Å²) in [6.45, 7) is 0.267. The number of hydrogen-bond acceptors (Lipinski definition) is 9. The number of rotatable bonds is 11. The topological polar surface area (TPSA) is 127 Å². The average Bonchev–Trinajstić information content (AvgIpc) is 3.00. The molecule has 10 nitrogen and oxygen atoms in total. The Morgan fingerprint density at radius 1 is 0.900 bits per heavy atom. The number of hydrazone groups is 1. The van der Waals surface area contributed by atoms with Crippen molar-refractivity contribution in [3.05, 3.63) is 83.7 Å². The van der Waals surface area contributed by atoms with E-state index in [2.05, 4.69) is 20.8 Å². The Morgan fingerprint density at radius 3 is 2.23 bits per heavy atom. The Hall–Kier alpha value is -5.30. The fraction of sp³-hybridized carbons (Fsp3) is 0.200. The van der Waals surface area contributed by atoms with Gasteiger partial charge in [-0.2, -0.15) is 10.4 Å². The monoisotopic (exact) mass is 539 g/mol. The van der Waals surface area contributed by atoms with E-state index in [9.17, 15) is 10.1 Å². The molecule has 40 heavy (non-hydrogen) atoms. The van der Waals surface area contributed by atoms with E-state index in [-0.39, 0.29) is 12.3 Å². The second kappa shape index (κ2) is 13.0. The zero-order chi connectivity index (χ0) is 28.5. The summed E-state index contributed by atoms with van der Waals surface area (Å²) in [4.78, 5) is 17.3. The van der Waals surface area contributed by atoms with Crippen LogP contribution in [0.4, 0.5) is 5.69 Å². The first-order chi connectivity index (χ1) is 19.5. The van der Waals surface area contributed by atoms with Crippen LogP contribution in [0.15, 0.2) is 72.0 Å². The number of carbonyl (C=O) groups is 1. The van der Waals surface area contributed by atoms with Crippen LogP contribution in [0.3, 0.4) is 0 Å². The number of pyridine rings is 1. The van der Waals surface area contributed by atoms with E-state index in [1.807, 2.05) is 54.6 Å². The molecule has 4 rings (SSSR count). The highest BCUT2D eigenvalue weighted by Crippen LogP contribution is 2.37. The summed E-state index contributed by atoms with van der Waals surface area (Å²) in [5, 5.41) is 18.2. The van der Waals surface area contributed by atoms with Crippen molar-refractivity contribution in [1.29, 1.82) is 5.26 Å². The summed E-state index contributed by atoms with van der Waals surface area (Å²) in [6.07, 6.45) is 2.09. The number of benzene rings is 3. The lowest BCUT2D eigenvalue weighted by Crippen LogP contribution is -2.30. The van der Waals surface area contributed by atoms with E-state index in [0.29, 0.717) is 35.1 Å². The zero-order valence-electron chi connectivity index (χ0n) is 22.6. The van der Waals surface area contributed by atoms with E-state index in [0.717, 1.165) is 27.6 Å². The van der Waals surface area contributed by atoms with Crippen molar-refractivity contribution in [1.82, 2.24) is 10.3 Å². The van der Waals surface area contributed by atoms with Gasteiger partial charge in [0.1, 0.15) is 6.07 Å². The fourth-order valence-corrected chi connectivity index (χ4v) is 4.16. The molecule has 0 aliphatic heterocycles. The number of methoxy groups -OCH3 is 4. The summed E-state index contributed by atoms with van der Waals surface area (Å²) < 4.78 is 21.9. The van der Waals surface area contributed by atoms with Gasteiger partial charge in [-0.25, -0.2) is 0 Å². The average molecular weight is 540 g/mol. The van der Waals surface area contributed by atoms with Crippen molar-refractivity contribution in [2.24, 2.45) is 5.10 Å². The van der Waals surface area contributed by atoms with Gasteiger partial charge in [0.2, 0.25) is 5.71 Å². The van der Waals surface area contributed by atoms with Crippen molar-refractivity contribution in [2.45, 2.75) is 13.0 Å². The summed E-state index contributed by atoms with van der Waals surface area (Å²) in [5.74, 6) is 1.56. The Bertz CT molecular complexity index is 1580. The van der Waals surface area contributed by atoms with Gasteiger partial charge in [0, 0.05) is 30.6 Å². The van der Waals surface area contributed by atoms with Gasteiger partial charge in [-0.1, -0.05) is 30.3 Å². The maximum absolute atomic E-state index is 12.6. The van der Waals surface area contributed by atoms with E-state index < -0.39 is 5.91 Å². The highest BCUT2D eigenvalue weighted by molar-refractivity contribution is 6.45. The maximum Gasteiger partial charge on any atom is 0.282 e. The summed E-state index contributed by atoms with van der Waals surface area (Å²) in [7, 11) is 6.24. The van der Waals surface area contributed by atoms with E-state index in [1.54, 1.807) is 39.7 Å². The molecule has 4 aromatic rings. The Kier molecular flexibility index (Phi) is 8.99. The van der Waals surface area contributed by atoms with Crippen LogP contribution in [0.1, 0.15) is 16.8 Å². The van der Waals surface area contributed by atoms with Crippen LogP contribution in [0, 0.1) is 11.3 Å². The minimum atomic E-state index is -0.599. The standard InChI is InChI=1S/C30H29N5O5/c1-37-26-13-20-10-11-32-24(22(20)15-28(26)39-3)12-21-14-27(38-2)29(40-4)16-23(21)34-35-25(17-31)30(36)33-18-19-8-6-5-7-9-19/h5-11,13-16,34H,12,18H2,1-4H3,(H,33,36)/b35-25+. The molecule has 0 spiro atoms. The normalized spacial score (nSPS) is 10.9. The molecule has 1 heterocycles. The molecule has 3 aromatic carbocycles. The number of hydrogen-bond donors (Lipinski definition) is 2. The van der Waals surface area contributed by atoms with Gasteiger partial charge in [-0.3, -0.25) is 15.2 Å². The van der Waals surface area contributed by atoms with Crippen LogP contribution in [-0.4, -0.2) is 45.0 Å². The molecule has 0 fully saturated rings. The Labute approximate surface area is 232 Å². The lowest BCUT2D eigenvalue weighted by molar-refractivity contribution is -0.114. The summed E-state index contributed by atoms with van der Waals surface area (Å²) in [5.41, 5.74) is 5.48. The van der Waals surface area contributed by atoms with Gasteiger partial charge in [-0.15, -0.1) is 0 Å². The fourth-order valence-electron chi connectivity index (χ4n) is 4.16. The van der Waals surface area contributed by atoms with Crippen LogP contribution in [0.2, 0.25) is 0 Å². The van der Waals surface area contributed by atoms with Crippen LogP contribution < -0.4 is 29.7 Å². The van der Waals surface area contributed by atoms with Gasteiger partial charge in [-0.05, 0) is 40.8 Å². The first kappa shape index (κ1) is 27.7. The largest absolute Gasteiger partial charge is 0.493 e. The molecule has 0 saturated heterocycles. The van der Waals surface area contributed by atoms with Gasteiger partial charge in [0.05, 0.1) is 39.8 Å². The maximum atomic E-state index is 12.6. The van der Waals surface area contributed by atoms with Gasteiger partial charge in [0.15, 0.2) is 23.0 Å². The molecule has 0 radical (unpaired) electrons. The van der Waals surface area contributed by atoms with E-state index in [4.69, 9.17) is 18.9 Å². The van der Waals surface area contributed by atoms with Crippen LogP contribution in [-0.2, 0) is 17.8 Å². The number of aromatic nitrogens is 1. The Morgan fingerprint density at radius 2 is 1.55 bits per heavy atom. The van der Waals surface area contributed by atoms with E-state index >= 15 is 0 Å². The second-order valence-electron chi connectivity index (χ2n) is 8.58. The minimum Gasteiger partial charge on any atom is -0.493 e. The number of ether oxygens (including phenoxy) is 4. The molecule has 204 valence electrons. The highest BCUT2D eigenvalue weighted by Gasteiger charge is 2.17. The number of nitrogens with one attached hydrogen (secondary N) is 2. The van der Waals surface area contributed by atoms with E-state index in [1.165, 1.54) is 7.11 Å². The number of nitriles is 1. The first-order valence-corrected chi connectivity index (χ1v) is 12.3. The third kappa shape index (κ3) is 6.22.